The predicted molar refractivity (Wildman–Crippen MR) is 84.6 cm³/mol. The van der Waals surface area contributed by atoms with E-state index in [1.807, 2.05) is 6.26 Å². The highest BCUT2D eigenvalue weighted by molar-refractivity contribution is 8.00. The molecule has 2 N–H and O–H groups in total. The van der Waals surface area contributed by atoms with E-state index < -0.39 is 15.9 Å². The predicted octanol–water partition coefficient (Wildman–Crippen LogP) is 1.88. The van der Waals surface area contributed by atoms with Crippen molar-refractivity contribution in [1.29, 1.82) is 0 Å². The Kier molecular flexibility index (Phi) is 4.80. The summed E-state index contributed by atoms with van der Waals surface area (Å²) in [6.07, 6.45) is 2.88. The molecular formula is C11H12N4O3S3. The Morgan fingerprint density at radius 2 is 2.00 bits per heavy atom. The van der Waals surface area contributed by atoms with E-state index in [-0.39, 0.29) is 11.3 Å². The average molecular weight is 344 g/mol. The molecule has 0 aliphatic rings. The van der Waals surface area contributed by atoms with E-state index in [1.54, 1.807) is 12.1 Å². The maximum atomic E-state index is 12.2. The molecule has 0 aliphatic heterocycles. The standard InChI is InChI=1S/C11H12N4O3S3/c1-19-11-14-13-10(20-11)12-9(16)7-5-3-4-6-8(7)15-21(2,17)18/h3-6,15H,1-2H3,(H,12,13,16). The Morgan fingerprint density at radius 3 is 2.62 bits per heavy atom. The molecule has 1 heterocycles. The van der Waals surface area contributed by atoms with Crippen molar-refractivity contribution in [2.45, 2.75) is 4.34 Å². The smallest absolute Gasteiger partial charge is 0.259 e. The van der Waals surface area contributed by atoms with Crippen molar-refractivity contribution in [3.63, 3.8) is 0 Å². The van der Waals surface area contributed by atoms with Gasteiger partial charge in [0.05, 0.1) is 17.5 Å². The lowest BCUT2D eigenvalue weighted by Gasteiger charge is -2.09. The molecule has 1 amide bonds. The first-order valence-electron chi connectivity index (χ1n) is 5.65. The Labute approximate surface area is 130 Å². The molecule has 0 saturated carbocycles. The summed E-state index contributed by atoms with van der Waals surface area (Å²) in [6, 6.07) is 6.33. The average Bonchev–Trinajstić information content (AvgIpc) is 2.85. The minimum Gasteiger partial charge on any atom is -0.296 e. The van der Waals surface area contributed by atoms with Crippen molar-refractivity contribution in [2.75, 3.05) is 22.6 Å². The molecule has 0 bridgehead atoms. The molecule has 2 rings (SSSR count). The molecule has 0 saturated heterocycles. The van der Waals surface area contributed by atoms with Gasteiger partial charge in [0.15, 0.2) is 4.34 Å². The van der Waals surface area contributed by atoms with E-state index in [1.165, 1.54) is 35.2 Å². The number of anilines is 2. The van der Waals surface area contributed by atoms with Crippen LogP contribution in [-0.4, -0.2) is 37.0 Å². The Morgan fingerprint density at radius 1 is 1.29 bits per heavy atom. The first kappa shape index (κ1) is 15.7. The van der Waals surface area contributed by atoms with Crippen molar-refractivity contribution in [3.05, 3.63) is 29.8 Å². The number of carbonyl (C=O) groups is 1. The van der Waals surface area contributed by atoms with Crippen LogP contribution in [-0.2, 0) is 10.0 Å². The van der Waals surface area contributed by atoms with Gasteiger partial charge in [0.2, 0.25) is 15.2 Å². The number of thioether (sulfide) groups is 1. The van der Waals surface area contributed by atoms with Gasteiger partial charge in [-0.3, -0.25) is 14.8 Å². The molecule has 112 valence electrons. The van der Waals surface area contributed by atoms with Crippen LogP contribution < -0.4 is 10.0 Å². The molecule has 0 unspecified atom stereocenters. The van der Waals surface area contributed by atoms with Crippen LogP contribution in [0.25, 0.3) is 0 Å². The van der Waals surface area contributed by atoms with Crippen LogP contribution in [0, 0.1) is 0 Å². The molecule has 21 heavy (non-hydrogen) atoms. The molecule has 0 fully saturated rings. The topological polar surface area (TPSA) is 101 Å². The van der Waals surface area contributed by atoms with E-state index >= 15 is 0 Å². The number of sulfonamides is 1. The SMILES string of the molecule is CSc1nnc(NC(=O)c2ccccc2NS(C)(=O)=O)s1. The third-order valence-corrected chi connectivity index (χ3v) is 4.67. The number of amides is 1. The summed E-state index contributed by atoms with van der Waals surface area (Å²) in [4.78, 5) is 12.2. The largest absolute Gasteiger partial charge is 0.296 e. The summed E-state index contributed by atoms with van der Waals surface area (Å²) in [5.41, 5.74) is 0.427. The van der Waals surface area contributed by atoms with Gasteiger partial charge in [0.1, 0.15) is 0 Å². The van der Waals surface area contributed by atoms with Crippen LogP contribution in [0.15, 0.2) is 28.6 Å². The number of carbonyl (C=O) groups excluding carboxylic acids is 1. The van der Waals surface area contributed by atoms with Crippen LogP contribution in [0.5, 0.6) is 0 Å². The summed E-state index contributed by atoms with van der Waals surface area (Å²) < 4.78 is 25.7. The number of nitrogens with one attached hydrogen (secondary N) is 2. The van der Waals surface area contributed by atoms with Gasteiger partial charge in [-0.05, 0) is 18.4 Å². The Hall–Kier alpha value is -1.65. The monoisotopic (exact) mass is 344 g/mol. The minimum absolute atomic E-state index is 0.212. The molecule has 7 nitrogen and oxygen atoms in total. The van der Waals surface area contributed by atoms with E-state index in [0.717, 1.165) is 10.6 Å². The van der Waals surface area contributed by atoms with Crippen molar-refractivity contribution in [2.24, 2.45) is 0 Å². The lowest BCUT2D eigenvalue weighted by atomic mass is 10.2. The molecule has 2 aromatic rings. The highest BCUT2D eigenvalue weighted by Crippen LogP contribution is 2.24. The van der Waals surface area contributed by atoms with Crippen molar-refractivity contribution < 1.29 is 13.2 Å². The van der Waals surface area contributed by atoms with Gasteiger partial charge in [-0.1, -0.05) is 35.2 Å². The molecule has 0 atom stereocenters. The lowest BCUT2D eigenvalue weighted by Crippen LogP contribution is -2.17. The number of hydrogen-bond donors (Lipinski definition) is 2. The zero-order valence-electron chi connectivity index (χ0n) is 11.2. The molecule has 10 heteroatoms. The molecule has 0 spiro atoms. The molecular weight excluding hydrogens is 332 g/mol. The first-order chi connectivity index (χ1) is 9.89. The molecule has 0 aliphatic carbocycles. The van der Waals surface area contributed by atoms with Crippen molar-refractivity contribution in [3.8, 4) is 0 Å². The van der Waals surface area contributed by atoms with Gasteiger partial charge in [-0.15, -0.1) is 10.2 Å². The third-order valence-electron chi connectivity index (χ3n) is 2.27. The van der Waals surface area contributed by atoms with Crippen LogP contribution in [0.4, 0.5) is 10.8 Å². The number of rotatable bonds is 5. The maximum Gasteiger partial charge on any atom is 0.259 e. The molecule has 1 aromatic carbocycles. The number of benzene rings is 1. The van der Waals surface area contributed by atoms with Gasteiger partial charge in [-0.25, -0.2) is 8.42 Å². The zero-order chi connectivity index (χ0) is 15.5. The number of para-hydroxylation sites is 1. The van der Waals surface area contributed by atoms with Gasteiger partial charge < -0.3 is 0 Å². The van der Waals surface area contributed by atoms with Crippen LogP contribution in [0.1, 0.15) is 10.4 Å². The van der Waals surface area contributed by atoms with Gasteiger partial charge in [0.25, 0.3) is 5.91 Å². The number of hydrogen-bond acceptors (Lipinski definition) is 7. The number of nitrogens with zero attached hydrogens (tertiary/aromatic N) is 2. The molecule has 0 radical (unpaired) electrons. The van der Waals surface area contributed by atoms with E-state index in [4.69, 9.17) is 0 Å². The quantitative estimate of drug-likeness (QED) is 0.634. The van der Waals surface area contributed by atoms with Gasteiger partial charge in [0, 0.05) is 0 Å². The third kappa shape index (κ3) is 4.41. The summed E-state index contributed by atoms with van der Waals surface area (Å²) in [5.74, 6) is -0.453. The summed E-state index contributed by atoms with van der Waals surface area (Å²) in [5, 5.41) is 10.7. The van der Waals surface area contributed by atoms with E-state index in [0.29, 0.717) is 5.13 Å². The maximum absolute atomic E-state index is 12.2. The summed E-state index contributed by atoms with van der Waals surface area (Å²) in [6.45, 7) is 0. The highest BCUT2D eigenvalue weighted by Gasteiger charge is 2.15. The van der Waals surface area contributed by atoms with Crippen molar-refractivity contribution in [1.82, 2.24) is 10.2 Å². The first-order valence-corrected chi connectivity index (χ1v) is 9.58. The van der Waals surface area contributed by atoms with Crippen molar-refractivity contribution >= 4 is 49.8 Å². The zero-order valence-corrected chi connectivity index (χ0v) is 13.6. The van der Waals surface area contributed by atoms with Crippen LogP contribution in [0.3, 0.4) is 0 Å². The Bertz CT molecular complexity index is 758. The fourth-order valence-corrected chi connectivity index (χ4v) is 3.22. The minimum atomic E-state index is -3.46. The number of aromatic nitrogens is 2. The van der Waals surface area contributed by atoms with Crippen LogP contribution in [0.2, 0.25) is 0 Å². The second-order valence-electron chi connectivity index (χ2n) is 3.95. The van der Waals surface area contributed by atoms with E-state index in [2.05, 4.69) is 20.2 Å². The normalized spacial score (nSPS) is 11.1. The van der Waals surface area contributed by atoms with Gasteiger partial charge in [-0.2, -0.15) is 0 Å². The van der Waals surface area contributed by atoms with Crippen LogP contribution >= 0.6 is 23.1 Å². The Balaban J connectivity index is 2.23. The fourth-order valence-electron chi connectivity index (χ4n) is 1.48. The van der Waals surface area contributed by atoms with Gasteiger partial charge >= 0.3 is 0 Å². The second-order valence-corrected chi connectivity index (χ2v) is 7.73. The molecule has 1 aromatic heterocycles. The second kappa shape index (κ2) is 6.41. The van der Waals surface area contributed by atoms with E-state index in [9.17, 15) is 13.2 Å². The highest BCUT2D eigenvalue weighted by atomic mass is 32.2. The summed E-state index contributed by atoms with van der Waals surface area (Å²) >= 11 is 2.67. The lowest BCUT2D eigenvalue weighted by molar-refractivity contribution is 0.102. The fraction of sp³-hybridized carbons (Fsp3) is 0.182. The summed E-state index contributed by atoms with van der Waals surface area (Å²) in [7, 11) is -3.46.